The molecule has 2 fully saturated rings. The molecule has 1 aliphatic heterocycles. The quantitative estimate of drug-likeness (QED) is 0.668. The number of nitrogens with one attached hydrogen (secondary N) is 1. The van der Waals surface area contributed by atoms with Crippen LogP contribution >= 0.6 is 0 Å². The SMILES string of the molecule is CNN1CCC2(CCCCC2)CC1. The molecule has 0 amide bonds. The summed E-state index contributed by atoms with van der Waals surface area (Å²) >= 11 is 0. The lowest BCUT2D eigenvalue weighted by atomic mass is 9.68. The van der Waals surface area contributed by atoms with E-state index in [4.69, 9.17) is 0 Å². The van der Waals surface area contributed by atoms with Crippen LogP contribution in [0.25, 0.3) is 0 Å². The zero-order chi connectivity index (χ0) is 9.15. The molecule has 1 saturated carbocycles. The minimum Gasteiger partial charge on any atom is -0.258 e. The molecule has 1 heterocycles. The molecule has 2 rings (SSSR count). The van der Waals surface area contributed by atoms with Crippen molar-refractivity contribution in [3.8, 4) is 0 Å². The molecule has 13 heavy (non-hydrogen) atoms. The van der Waals surface area contributed by atoms with Crippen molar-refractivity contribution >= 4 is 0 Å². The first-order valence-electron chi connectivity index (χ1n) is 5.77. The van der Waals surface area contributed by atoms with Crippen LogP contribution in [0.2, 0.25) is 0 Å². The molecule has 0 aromatic heterocycles. The summed E-state index contributed by atoms with van der Waals surface area (Å²) in [6.07, 6.45) is 10.3. The first-order chi connectivity index (χ1) is 6.35. The van der Waals surface area contributed by atoms with Crippen LogP contribution in [-0.4, -0.2) is 25.1 Å². The van der Waals surface area contributed by atoms with Gasteiger partial charge in [-0.2, -0.15) is 0 Å². The van der Waals surface area contributed by atoms with E-state index in [1.807, 2.05) is 7.05 Å². The molecule has 0 unspecified atom stereocenters. The van der Waals surface area contributed by atoms with E-state index in [1.54, 1.807) is 0 Å². The Hall–Kier alpha value is -0.0800. The molecule has 1 spiro atoms. The van der Waals surface area contributed by atoms with Crippen molar-refractivity contribution in [2.45, 2.75) is 44.9 Å². The Labute approximate surface area is 81.7 Å². The van der Waals surface area contributed by atoms with E-state index >= 15 is 0 Å². The Balaban J connectivity index is 1.87. The third-order valence-corrected chi connectivity index (χ3v) is 4.05. The molecule has 2 aliphatic rings. The van der Waals surface area contributed by atoms with Crippen molar-refractivity contribution in [1.82, 2.24) is 10.4 Å². The van der Waals surface area contributed by atoms with E-state index in [2.05, 4.69) is 10.4 Å². The zero-order valence-electron chi connectivity index (χ0n) is 8.81. The van der Waals surface area contributed by atoms with Crippen LogP contribution < -0.4 is 5.43 Å². The highest BCUT2D eigenvalue weighted by molar-refractivity contribution is 4.87. The summed E-state index contributed by atoms with van der Waals surface area (Å²) in [5.74, 6) is 0. The van der Waals surface area contributed by atoms with Gasteiger partial charge in [-0.25, -0.2) is 5.01 Å². The third kappa shape index (κ3) is 2.05. The second-order valence-corrected chi connectivity index (χ2v) is 4.77. The highest BCUT2D eigenvalue weighted by Gasteiger charge is 2.34. The molecule has 2 heteroatoms. The van der Waals surface area contributed by atoms with Crippen molar-refractivity contribution in [2.75, 3.05) is 20.1 Å². The van der Waals surface area contributed by atoms with Crippen LogP contribution in [0.3, 0.4) is 0 Å². The lowest BCUT2D eigenvalue weighted by Gasteiger charge is -2.44. The van der Waals surface area contributed by atoms with Gasteiger partial charge in [0, 0.05) is 13.1 Å². The average molecular weight is 182 g/mol. The van der Waals surface area contributed by atoms with Crippen LogP contribution in [0.4, 0.5) is 0 Å². The standard InChI is InChI=1S/C11H22N2/c1-12-13-9-7-11(8-10-13)5-3-2-4-6-11/h12H,2-10H2,1H3. The summed E-state index contributed by atoms with van der Waals surface area (Å²) in [7, 11) is 2.04. The number of hydrogen-bond acceptors (Lipinski definition) is 2. The van der Waals surface area contributed by atoms with Crippen LogP contribution in [0.15, 0.2) is 0 Å². The maximum Gasteiger partial charge on any atom is 0.0136 e. The molecule has 0 radical (unpaired) electrons. The van der Waals surface area contributed by atoms with Gasteiger partial charge in [-0.15, -0.1) is 0 Å². The smallest absolute Gasteiger partial charge is 0.0136 e. The molecule has 1 N–H and O–H groups in total. The number of piperidine rings is 1. The molecule has 0 aromatic carbocycles. The van der Waals surface area contributed by atoms with Gasteiger partial charge in [0.25, 0.3) is 0 Å². The average Bonchev–Trinajstić information content (AvgIpc) is 2.20. The molecule has 76 valence electrons. The van der Waals surface area contributed by atoms with Gasteiger partial charge in [-0.3, -0.25) is 5.43 Å². The Bertz CT molecular complexity index is 151. The highest BCUT2D eigenvalue weighted by Crippen LogP contribution is 2.44. The number of hydrazine groups is 1. The maximum atomic E-state index is 3.26. The van der Waals surface area contributed by atoms with Gasteiger partial charge in [0.15, 0.2) is 0 Å². The fourth-order valence-corrected chi connectivity index (χ4v) is 3.01. The molecule has 1 saturated heterocycles. The van der Waals surface area contributed by atoms with Gasteiger partial charge in [0.05, 0.1) is 0 Å². The molecule has 0 bridgehead atoms. The van der Waals surface area contributed by atoms with Crippen molar-refractivity contribution < 1.29 is 0 Å². The zero-order valence-corrected chi connectivity index (χ0v) is 8.81. The lowest BCUT2D eigenvalue weighted by Crippen LogP contribution is -2.46. The number of rotatable bonds is 1. The van der Waals surface area contributed by atoms with Crippen LogP contribution in [-0.2, 0) is 0 Å². The topological polar surface area (TPSA) is 15.3 Å². The first-order valence-corrected chi connectivity index (χ1v) is 5.77. The summed E-state index contributed by atoms with van der Waals surface area (Å²) < 4.78 is 0. The largest absolute Gasteiger partial charge is 0.258 e. The van der Waals surface area contributed by atoms with Gasteiger partial charge >= 0.3 is 0 Å². The fraction of sp³-hybridized carbons (Fsp3) is 1.00. The van der Waals surface area contributed by atoms with Gasteiger partial charge in [-0.1, -0.05) is 19.3 Å². The third-order valence-electron chi connectivity index (χ3n) is 4.05. The molecule has 0 aromatic rings. The van der Waals surface area contributed by atoms with Gasteiger partial charge in [0.2, 0.25) is 0 Å². The number of nitrogens with zero attached hydrogens (tertiary/aromatic N) is 1. The van der Waals surface area contributed by atoms with E-state index < -0.39 is 0 Å². The minimum atomic E-state index is 0.756. The summed E-state index contributed by atoms with van der Waals surface area (Å²) in [6, 6.07) is 0. The predicted molar refractivity (Wildman–Crippen MR) is 55.4 cm³/mol. The minimum absolute atomic E-state index is 0.756. The molecular formula is C11H22N2. The van der Waals surface area contributed by atoms with E-state index in [-0.39, 0.29) is 0 Å². The van der Waals surface area contributed by atoms with Crippen molar-refractivity contribution in [3.05, 3.63) is 0 Å². The van der Waals surface area contributed by atoms with Crippen molar-refractivity contribution in [1.29, 1.82) is 0 Å². The van der Waals surface area contributed by atoms with Gasteiger partial charge < -0.3 is 0 Å². The van der Waals surface area contributed by atoms with E-state index in [1.165, 1.54) is 58.0 Å². The molecule has 1 aliphatic carbocycles. The maximum absolute atomic E-state index is 3.26. The fourth-order valence-electron chi connectivity index (χ4n) is 3.01. The summed E-state index contributed by atoms with van der Waals surface area (Å²) in [5, 5.41) is 2.36. The Morgan fingerprint density at radius 1 is 0.923 bits per heavy atom. The lowest BCUT2D eigenvalue weighted by molar-refractivity contribution is 0.0460. The van der Waals surface area contributed by atoms with E-state index in [0.29, 0.717) is 0 Å². The Morgan fingerprint density at radius 3 is 2.08 bits per heavy atom. The summed E-state index contributed by atoms with van der Waals surface area (Å²) in [6.45, 7) is 2.52. The van der Waals surface area contributed by atoms with Gasteiger partial charge in [-0.05, 0) is 38.1 Å². The van der Waals surface area contributed by atoms with Crippen LogP contribution in [0.5, 0.6) is 0 Å². The normalized spacial score (nSPS) is 29.3. The second kappa shape index (κ2) is 3.97. The van der Waals surface area contributed by atoms with E-state index in [0.717, 1.165) is 5.41 Å². The summed E-state index contributed by atoms with van der Waals surface area (Å²) in [4.78, 5) is 0. The Morgan fingerprint density at radius 2 is 1.54 bits per heavy atom. The van der Waals surface area contributed by atoms with Crippen LogP contribution in [0.1, 0.15) is 44.9 Å². The predicted octanol–water partition coefficient (Wildman–Crippen LogP) is 2.17. The Kier molecular flexibility index (Phi) is 2.89. The van der Waals surface area contributed by atoms with E-state index in [9.17, 15) is 0 Å². The summed E-state index contributed by atoms with van der Waals surface area (Å²) in [5.41, 5.74) is 4.01. The van der Waals surface area contributed by atoms with Crippen LogP contribution in [0, 0.1) is 5.41 Å². The van der Waals surface area contributed by atoms with Gasteiger partial charge in [0.1, 0.15) is 0 Å². The molecule has 0 atom stereocenters. The second-order valence-electron chi connectivity index (χ2n) is 4.77. The van der Waals surface area contributed by atoms with Crippen molar-refractivity contribution in [2.24, 2.45) is 5.41 Å². The highest BCUT2D eigenvalue weighted by atomic mass is 15.5. The number of hydrogen-bond donors (Lipinski definition) is 1. The first kappa shape index (κ1) is 9.47. The van der Waals surface area contributed by atoms with Crippen molar-refractivity contribution in [3.63, 3.8) is 0 Å². The molecule has 2 nitrogen and oxygen atoms in total. The molecular weight excluding hydrogens is 160 g/mol. The monoisotopic (exact) mass is 182 g/mol.